The minimum Gasteiger partial charge on any atom is -0.465 e. The second-order valence-electron chi connectivity index (χ2n) is 5.86. The normalized spacial score (nSPS) is 13.2. The van der Waals surface area contributed by atoms with Gasteiger partial charge in [0.15, 0.2) is 20.2 Å². The second-order valence-corrected chi connectivity index (χ2v) is 10.3. The third-order valence-electron chi connectivity index (χ3n) is 3.79. The van der Waals surface area contributed by atoms with Crippen molar-refractivity contribution in [3.05, 3.63) is 29.3 Å². The van der Waals surface area contributed by atoms with Crippen LogP contribution in [0.2, 0.25) is 0 Å². The van der Waals surface area contributed by atoms with Gasteiger partial charge < -0.3 is 4.74 Å². The van der Waals surface area contributed by atoms with E-state index in [0.717, 1.165) is 13.2 Å². The van der Waals surface area contributed by atoms with Gasteiger partial charge in [-0.1, -0.05) is 26.7 Å². The number of methoxy groups -OCH3 is 1. The summed E-state index contributed by atoms with van der Waals surface area (Å²) in [6.07, 6.45) is 0.917. The number of halogens is 2. The second kappa shape index (κ2) is 9.45. The highest BCUT2D eigenvalue weighted by Crippen LogP contribution is 2.26. The van der Waals surface area contributed by atoms with E-state index in [-0.39, 0.29) is 25.0 Å². The van der Waals surface area contributed by atoms with E-state index in [4.69, 9.17) is 0 Å². The maximum atomic E-state index is 14.4. The summed E-state index contributed by atoms with van der Waals surface area (Å²) in [5.41, 5.74) is -1.80. The number of carbonyl (C=O) groups is 1. The molecule has 1 rings (SSSR count). The van der Waals surface area contributed by atoms with Crippen molar-refractivity contribution in [2.75, 3.05) is 17.6 Å². The first-order chi connectivity index (χ1) is 12.5. The third-order valence-corrected chi connectivity index (χ3v) is 8.75. The van der Waals surface area contributed by atoms with Gasteiger partial charge >= 0.3 is 5.97 Å². The lowest BCUT2D eigenvalue weighted by Crippen LogP contribution is -2.36. The molecule has 0 aliphatic rings. The standard InChI is InChI=1S/C16H23F2NO6S2/c1-4-6-10-26(21,22)13(7-5-2)27(23,24)19-12-9-8-11(17)14(15(12)18)16(20)25-3/h8-9,13,19H,4-7,10H2,1-3H3. The van der Waals surface area contributed by atoms with E-state index in [9.17, 15) is 30.4 Å². The molecule has 27 heavy (non-hydrogen) atoms. The van der Waals surface area contributed by atoms with Crippen molar-refractivity contribution in [2.24, 2.45) is 0 Å². The maximum absolute atomic E-state index is 14.4. The van der Waals surface area contributed by atoms with Crippen LogP contribution in [0.3, 0.4) is 0 Å². The van der Waals surface area contributed by atoms with Gasteiger partial charge in [-0.2, -0.15) is 0 Å². The summed E-state index contributed by atoms with van der Waals surface area (Å²) in [6.45, 7) is 3.38. The Labute approximate surface area is 158 Å². The van der Waals surface area contributed by atoms with Crippen molar-refractivity contribution in [2.45, 2.75) is 44.1 Å². The largest absolute Gasteiger partial charge is 0.465 e. The summed E-state index contributed by atoms with van der Waals surface area (Å²) in [5.74, 6) is -4.37. The number of hydrogen-bond acceptors (Lipinski definition) is 6. The van der Waals surface area contributed by atoms with Gasteiger partial charge in [0.1, 0.15) is 11.4 Å². The van der Waals surface area contributed by atoms with Crippen molar-refractivity contribution >= 4 is 31.5 Å². The molecule has 1 atom stereocenters. The number of carbonyl (C=O) groups excluding carboxylic acids is 1. The van der Waals surface area contributed by atoms with Gasteiger partial charge in [0.2, 0.25) is 10.0 Å². The zero-order valence-corrected chi connectivity index (χ0v) is 16.9. The fourth-order valence-corrected chi connectivity index (χ4v) is 7.05. The Morgan fingerprint density at radius 2 is 1.78 bits per heavy atom. The Balaban J connectivity index is 3.34. The Morgan fingerprint density at radius 1 is 1.15 bits per heavy atom. The van der Waals surface area contributed by atoms with Crippen LogP contribution < -0.4 is 4.72 Å². The molecular weight excluding hydrogens is 404 g/mol. The van der Waals surface area contributed by atoms with Crippen molar-refractivity contribution < 1.29 is 35.1 Å². The maximum Gasteiger partial charge on any atom is 0.343 e. The van der Waals surface area contributed by atoms with Crippen molar-refractivity contribution in [3.63, 3.8) is 0 Å². The number of rotatable bonds is 10. The van der Waals surface area contributed by atoms with Crippen molar-refractivity contribution in [1.29, 1.82) is 0 Å². The molecule has 1 aromatic rings. The van der Waals surface area contributed by atoms with Gasteiger partial charge in [0, 0.05) is 0 Å². The van der Waals surface area contributed by atoms with E-state index in [1.54, 1.807) is 13.8 Å². The summed E-state index contributed by atoms with van der Waals surface area (Å²) >= 11 is 0. The number of benzene rings is 1. The Kier molecular flexibility index (Phi) is 8.15. The zero-order chi connectivity index (χ0) is 20.8. The number of hydrogen-bond donors (Lipinski definition) is 1. The summed E-state index contributed by atoms with van der Waals surface area (Å²) in [6, 6.07) is 1.46. The molecule has 0 saturated carbocycles. The predicted octanol–water partition coefficient (Wildman–Crippen LogP) is 2.83. The van der Waals surface area contributed by atoms with Crippen molar-refractivity contribution in [3.8, 4) is 0 Å². The van der Waals surface area contributed by atoms with Gasteiger partial charge in [0.05, 0.1) is 18.6 Å². The molecular formula is C16H23F2NO6S2. The quantitative estimate of drug-likeness (QED) is 0.576. The number of anilines is 1. The lowest BCUT2D eigenvalue weighted by atomic mass is 10.2. The van der Waals surface area contributed by atoms with Gasteiger partial charge in [-0.25, -0.2) is 30.4 Å². The first-order valence-electron chi connectivity index (χ1n) is 8.31. The Bertz CT molecular complexity index is 884. The first-order valence-corrected chi connectivity index (χ1v) is 11.6. The fraction of sp³-hybridized carbons (Fsp3) is 0.562. The number of nitrogens with one attached hydrogen (secondary N) is 1. The number of sulfonamides is 1. The molecule has 0 radical (unpaired) electrons. The molecule has 7 nitrogen and oxygen atoms in total. The van der Waals surface area contributed by atoms with E-state index in [2.05, 4.69) is 4.74 Å². The van der Waals surface area contributed by atoms with Gasteiger partial charge in [-0.05, 0) is 25.0 Å². The van der Waals surface area contributed by atoms with Crippen LogP contribution in [0.5, 0.6) is 0 Å². The van der Waals surface area contributed by atoms with Crippen LogP contribution in [-0.4, -0.2) is 40.2 Å². The van der Waals surface area contributed by atoms with Crippen molar-refractivity contribution in [1.82, 2.24) is 0 Å². The number of esters is 1. The molecule has 11 heteroatoms. The van der Waals surface area contributed by atoms with Crippen LogP contribution in [0.4, 0.5) is 14.5 Å². The van der Waals surface area contributed by atoms with Gasteiger partial charge in [-0.15, -0.1) is 0 Å². The SMILES string of the molecule is CCCCS(=O)(=O)C(CCC)S(=O)(=O)Nc1ccc(F)c(C(=O)OC)c1F. The molecule has 0 bridgehead atoms. The van der Waals surface area contributed by atoms with E-state index in [1.165, 1.54) is 0 Å². The number of ether oxygens (including phenoxy) is 1. The molecule has 0 amide bonds. The molecule has 0 heterocycles. The number of unbranched alkanes of at least 4 members (excludes halogenated alkanes) is 1. The third kappa shape index (κ3) is 5.61. The van der Waals surface area contributed by atoms with E-state index >= 15 is 0 Å². The predicted molar refractivity (Wildman–Crippen MR) is 97.6 cm³/mol. The topological polar surface area (TPSA) is 107 Å². The fourth-order valence-electron chi connectivity index (χ4n) is 2.38. The summed E-state index contributed by atoms with van der Waals surface area (Å²) in [7, 11) is -7.67. The van der Waals surface area contributed by atoms with Crippen LogP contribution in [0.1, 0.15) is 49.9 Å². The highest BCUT2D eigenvalue weighted by Gasteiger charge is 2.37. The average Bonchev–Trinajstić information content (AvgIpc) is 2.59. The molecule has 0 spiro atoms. The van der Waals surface area contributed by atoms with Crippen LogP contribution in [-0.2, 0) is 24.6 Å². The zero-order valence-electron chi connectivity index (χ0n) is 15.3. The van der Waals surface area contributed by atoms with Crippen LogP contribution in [0, 0.1) is 11.6 Å². The van der Waals surface area contributed by atoms with Crippen LogP contribution >= 0.6 is 0 Å². The molecule has 0 saturated heterocycles. The highest BCUT2D eigenvalue weighted by atomic mass is 32.3. The number of sulfone groups is 1. The lowest BCUT2D eigenvalue weighted by Gasteiger charge is -2.19. The van der Waals surface area contributed by atoms with Gasteiger partial charge in [0.25, 0.3) is 0 Å². The Hall–Kier alpha value is -1.75. The summed E-state index contributed by atoms with van der Waals surface area (Å²) < 4.78 is 82.6. The van der Waals surface area contributed by atoms with E-state index in [0.29, 0.717) is 12.5 Å². The molecule has 0 aromatic heterocycles. The summed E-state index contributed by atoms with van der Waals surface area (Å²) in [4.78, 5) is 11.5. The lowest BCUT2D eigenvalue weighted by molar-refractivity contribution is 0.0590. The average molecular weight is 427 g/mol. The highest BCUT2D eigenvalue weighted by molar-refractivity contribution is 8.09. The van der Waals surface area contributed by atoms with Crippen LogP contribution in [0.15, 0.2) is 12.1 Å². The minimum atomic E-state index is -4.56. The smallest absolute Gasteiger partial charge is 0.343 e. The van der Waals surface area contributed by atoms with Gasteiger partial charge in [-0.3, -0.25) is 4.72 Å². The van der Waals surface area contributed by atoms with Crippen LogP contribution in [0.25, 0.3) is 0 Å². The monoisotopic (exact) mass is 427 g/mol. The molecule has 1 N–H and O–H groups in total. The first kappa shape index (κ1) is 23.3. The molecule has 0 fully saturated rings. The van der Waals surface area contributed by atoms with E-state index < -0.39 is 53.3 Å². The molecule has 1 unspecified atom stereocenters. The Morgan fingerprint density at radius 3 is 2.30 bits per heavy atom. The summed E-state index contributed by atoms with van der Waals surface area (Å²) in [5, 5.41) is 0. The molecule has 154 valence electrons. The minimum absolute atomic E-state index is 0.186. The van der Waals surface area contributed by atoms with E-state index in [1.807, 2.05) is 4.72 Å². The molecule has 0 aliphatic heterocycles. The molecule has 0 aliphatic carbocycles. The molecule has 1 aromatic carbocycles.